The van der Waals surface area contributed by atoms with Crippen molar-refractivity contribution < 1.29 is 14.6 Å². The number of fused-ring (bicyclic) bond motifs is 1. The summed E-state index contributed by atoms with van der Waals surface area (Å²) in [5, 5.41) is 10.3. The average molecular weight is 311 g/mol. The molecule has 0 aromatic carbocycles. The van der Waals surface area contributed by atoms with Gasteiger partial charge < -0.3 is 14.7 Å². The van der Waals surface area contributed by atoms with Gasteiger partial charge >= 0.3 is 0 Å². The van der Waals surface area contributed by atoms with Crippen molar-refractivity contribution in [2.45, 2.75) is 43.4 Å². The van der Waals surface area contributed by atoms with Gasteiger partial charge in [0.15, 0.2) is 0 Å². The summed E-state index contributed by atoms with van der Waals surface area (Å²) in [6.45, 7) is 0.628. The maximum Gasteiger partial charge on any atom is 0.255 e. The summed E-state index contributed by atoms with van der Waals surface area (Å²) >= 11 is 6.08. The third-order valence-electron chi connectivity index (χ3n) is 4.83. The molecule has 1 N–H and O–H groups in total. The van der Waals surface area contributed by atoms with E-state index >= 15 is 0 Å². The minimum absolute atomic E-state index is 0.0945. The summed E-state index contributed by atoms with van der Waals surface area (Å²) in [7, 11) is 1.69. The summed E-state index contributed by atoms with van der Waals surface area (Å²) < 4.78 is 5.75. The fourth-order valence-electron chi connectivity index (χ4n) is 3.62. The van der Waals surface area contributed by atoms with Gasteiger partial charge in [0.2, 0.25) is 0 Å². The van der Waals surface area contributed by atoms with Crippen LogP contribution >= 0.6 is 11.6 Å². The summed E-state index contributed by atoms with van der Waals surface area (Å²) in [5.74, 6) is -0.111. The molecule has 1 aromatic rings. The summed E-state index contributed by atoms with van der Waals surface area (Å²) in [5.41, 5.74) is 0.132. The van der Waals surface area contributed by atoms with Crippen molar-refractivity contribution in [3.05, 3.63) is 29.0 Å². The third-order valence-corrected chi connectivity index (χ3v) is 5.13. The van der Waals surface area contributed by atoms with Crippen LogP contribution in [0.1, 0.15) is 36.0 Å². The molecule has 5 nitrogen and oxygen atoms in total. The van der Waals surface area contributed by atoms with E-state index in [4.69, 9.17) is 16.3 Å². The first-order valence-corrected chi connectivity index (χ1v) is 7.59. The van der Waals surface area contributed by atoms with E-state index in [-0.39, 0.29) is 23.7 Å². The molecule has 21 heavy (non-hydrogen) atoms. The van der Waals surface area contributed by atoms with Crippen LogP contribution in [0.15, 0.2) is 18.5 Å². The zero-order valence-corrected chi connectivity index (χ0v) is 12.7. The number of amides is 1. The first-order chi connectivity index (χ1) is 10.1. The van der Waals surface area contributed by atoms with E-state index in [0.29, 0.717) is 23.6 Å². The molecule has 3 atom stereocenters. The van der Waals surface area contributed by atoms with Crippen LogP contribution in [0.5, 0.6) is 0 Å². The lowest BCUT2D eigenvalue weighted by Crippen LogP contribution is -2.52. The van der Waals surface area contributed by atoms with E-state index in [0.717, 1.165) is 19.3 Å². The van der Waals surface area contributed by atoms with Crippen LogP contribution in [0.4, 0.5) is 0 Å². The number of rotatable bonds is 2. The number of aromatic nitrogens is 1. The summed E-state index contributed by atoms with van der Waals surface area (Å²) in [4.78, 5) is 18.5. The van der Waals surface area contributed by atoms with E-state index < -0.39 is 0 Å². The SMILES string of the molecule is CO[C@@]12CC[C@H](O)C[C@@H]1N(C(=O)c1ccncc1Cl)CC2. The Labute approximate surface area is 128 Å². The molecular formula is C15H19ClN2O3. The number of hydrogen-bond acceptors (Lipinski definition) is 4. The third kappa shape index (κ3) is 2.43. The molecule has 114 valence electrons. The molecular weight excluding hydrogens is 292 g/mol. The second-order valence-corrected chi connectivity index (χ2v) is 6.22. The molecule has 0 radical (unpaired) electrons. The highest BCUT2D eigenvalue weighted by molar-refractivity contribution is 6.33. The van der Waals surface area contributed by atoms with Crippen molar-refractivity contribution in [1.82, 2.24) is 9.88 Å². The van der Waals surface area contributed by atoms with Crippen LogP contribution in [-0.4, -0.2) is 52.3 Å². The van der Waals surface area contributed by atoms with Gasteiger partial charge in [-0.1, -0.05) is 11.6 Å². The molecule has 2 fully saturated rings. The number of carbonyl (C=O) groups excluding carboxylic acids is 1. The van der Waals surface area contributed by atoms with E-state index in [1.54, 1.807) is 24.3 Å². The predicted molar refractivity (Wildman–Crippen MR) is 78.3 cm³/mol. The monoisotopic (exact) mass is 310 g/mol. The topological polar surface area (TPSA) is 62.7 Å². The number of pyridine rings is 1. The Morgan fingerprint density at radius 1 is 1.57 bits per heavy atom. The fourth-order valence-corrected chi connectivity index (χ4v) is 3.82. The number of likely N-dealkylation sites (tertiary alicyclic amines) is 1. The lowest BCUT2D eigenvalue weighted by molar-refractivity contribution is -0.0824. The Morgan fingerprint density at radius 3 is 3.10 bits per heavy atom. The molecule has 1 amide bonds. The van der Waals surface area contributed by atoms with Crippen LogP contribution in [0.2, 0.25) is 5.02 Å². The van der Waals surface area contributed by atoms with E-state index in [2.05, 4.69) is 4.98 Å². The molecule has 2 heterocycles. The largest absolute Gasteiger partial charge is 0.393 e. The van der Waals surface area contributed by atoms with Gasteiger partial charge in [0, 0.05) is 26.0 Å². The second-order valence-electron chi connectivity index (χ2n) is 5.82. The van der Waals surface area contributed by atoms with Crippen molar-refractivity contribution >= 4 is 17.5 Å². The molecule has 1 saturated carbocycles. The number of nitrogens with zero attached hydrogens (tertiary/aromatic N) is 2. The van der Waals surface area contributed by atoms with Crippen LogP contribution < -0.4 is 0 Å². The van der Waals surface area contributed by atoms with E-state index in [1.165, 1.54) is 6.20 Å². The minimum Gasteiger partial charge on any atom is -0.393 e. The maximum absolute atomic E-state index is 12.8. The maximum atomic E-state index is 12.8. The number of carbonyl (C=O) groups is 1. The molecule has 0 bridgehead atoms. The van der Waals surface area contributed by atoms with Gasteiger partial charge in [0.25, 0.3) is 5.91 Å². The van der Waals surface area contributed by atoms with Crippen molar-refractivity contribution in [2.75, 3.05) is 13.7 Å². The van der Waals surface area contributed by atoms with Crippen LogP contribution in [0, 0.1) is 0 Å². The molecule has 3 rings (SSSR count). The van der Waals surface area contributed by atoms with Crippen molar-refractivity contribution in [2.24, 2.45) is 0 Å². The first-order valence-electron chi connectivity index (χ1n) is 7.21. The smallest absolute Gasteiger partial charge is 0.255 e. The number of methoxy groups -OCH3 is 1. The lowest BCUT2D eigenvalue weighted by atomic mass is 9.79. The molecule has 2 aliphatic rings. The van der Waals surface area contributed by atoms with Gasteiger partial charge in [-0.05, 0) is 31.7 Å². The number of hydrogen-bond donors (Lipinski definition) is 1. The van der Waals surface area contributed by atoms with Gasteiger partial charge in [-0.3, -0.25) is 9.78 Å². The molecule has 1 saturated heterocycles. The van der Waals surface area contributed by atoms with Crippen molar-refractivity contribution in [3.8, 4) is 0 Å². The highest BCUT2D eigenvalue weighted by Gasteiger charge is 2.52. The van der Waals surface area contributed by atoms with Gasteiger partial charge in [-0.25, -0.2) is 0 Å². The molecule has 0 spiro atoms. The van der Waals surface area contributed by atoms with Gasteiger partial charge in [0.05, 0.1) is 28.3 Å². The van der Waals surface area contributed by atoms with Gasteiger partial charge in [0.1, 0.15) is 0 Å². The Morgan fingerprint density at radius 2 is 2.38 bits per heavy atom. The molecule has 6 heteroatoms. The number of ether oxygens (including phenoxy) is 1. The Hall–Kier alpha value is -1.17. The zero-order valence-electron chi connectivity index (χ0n) is 12.0. The van der Waals surface area contributed by atoms with Gasteiger partial charge in [-0.2, -0.15) is 0 Å². The summed E-state index contributed by atoms with van der Waals surface area (Å²) in [6, 6.07) is 1.54. The number of halogens is 1. The highest BCUT2D eigenvalue weighted by Crippen LogP contribution is 2.43. The van der Waals surface area contributed by atoms with E-state index in [1.807, 2.05) is 0 Å². The standard InChI is InChI=1S/C15H19ClN2O3/c1-21-15-4-2-10(19)8-13(15)18(7-5-15)14(20)11-3-6-17-9-12(11)16/h3,6,9-10,13,19H,2,4-5,7-8H2,1H3/t10-,13-,15+/m0/s1. The van der Waals surface area contributed by atoms with Crippen molar-refractivity contribution in [3.63, 3.8) is 0 Å². The summed E-state index contributed by atoms with van der Waals surface area (Å²) in [6.07, 6.45) is 5.53. The molecule has 1 aliphatic heterocycles. The Kier molecular flexibility index (Phi) is 3.90. The first kappa shape index (κ1) is 14.8. The van der Waals surface area contributed by atoms with Crippen molar-refractivity contribution in [1.29, 1.82) is 0 Å². The average Bonchev–Trinajstić information content (AvgIpc) is 2.86. The predicted octanol–water partition coefficient (Wildman–Crippen LogP) is 1.88. The normalized spacial score (nSPS) is 32.0. The minimum atomic E-state index is -0.375. The van der Waals surface area contributed by atoms with Crippen LogP contribution in [-0.2, 0) is 4.74 Å². The molecule has 1 aliphatic carbocycles. The van der Waals surface area contributed by atoms with Crippen LogP contribution in [0.3, 0.4) is 0 Å². The number of aliphatic hydroxyl groups is 1. The second kappa shape index (κ2) is 5.55. The molecule has 1 aromatic heterocycles. The molecule has 0 unspecified atom stereocenters. The lowest BCUT2D eigenvalue weighted by Gasteiger charge is -2.42. The fraction of sp³-hybridized carbons (Fsp3) is 0.600. The Balaban J connectivity index is 1.89. The quantitative estimate of drug-likeness (QED) is 0.906. The zero-order chi connectivity index (χ0) is 15.0. The highest BCUT2D eigenvalue weighted by atomic mass is 35.5. The van der Waals surface area contributed by atoms with Gasteiger partial charge in [-0.15, -0.1) is 0 Å². The van der Waals surface area contributed by atoms with E-state index in [9.17, 15) is 9.90 Å². The number of aliphatic hydroxyl groups excluding tert-OH is 1. The Bertz CT molecular complexity index is 553. The van der Waals surface area contributed by atoms with Crippen LogP contribution in [0.25, 0.3) is 0 Å².